The SMILES string of the molecule is COc1cc(C2c3cc(O)c(OC)cc3CC(CO)C2COC(=O)CCC(=O)CO)ccc1O. The van der Waals surface area contributed by atoms with Gasteiger partial charge in [0.1, 0.15) is 6.61 Å². The second kappa shape index (κ2) is 11.2. The number of hydrogen-bond donors (Lipinski definition) is 4. The van der Waals surface area contributed by atoms with Crippen molar-refractivity contribution < 1.29 is 44.2 Å². The van der Waals surface area contributed by atoms with Gasteiger partial charge >= 0.3 is 5.97 Å². The van der Waals surface area contributed by atoms with Crippen LogP contribution in [-0.2, 0) is 20.7 Å². The number of aromatic hydroxyl groups is 2. The van der Waals surface area contributed by atoms with E-state index >= 15 is 0 Å². The molecule has 0 bridgehead atoms. The first-order chi connectivity index (χ1) is 16.3. The predicted octanol–water partition coefficient (Wildman–Crippen LogP) is 1.91. The summed E-state index contributed by atoms with van der Waals surface area (Å²) < 4.78 is 16.0. The highest BCUT2D eigenvalue weighted by Crippen LogP contribution is 2.48. The first-order valence-electron chi connectivity index (χ1n) is 11.0. The molecule has 0 radical (unpaired) electrons. The first kappa shape index (κ1) is 25.3. The quantitative estimate of drug-likeness (QED) is 0.380. The number of aliphatic hydroxyl groups is 2. The van der Waals surface area contributed by atoms with Gasteiger partial charge in [-0.05, 0) is 53.3 Å². The van der Waals surface area contributed by atoms with Crippen molar-refractivity contribution >= 4 is 11.8 Å². The number of fused-ring (bicyclic) bond motifs is 1. The van der Waals surface area contributed by atoms with Crippen LogP contribution in [0, 0.1) is 11.8 Å². The number of benzene rings is 2. The molecule has 0 saturated carbocycles. The highest BCUT2D eigenvalue weighted by Gasteiger charge is 2.39. The third kappa shape index (κ3) is 5.43. The summed E-state index contributed by atoms with van der Waals surface area (Å²) in [6.45, 7) is -0.825. The molecule has 3 unspecified atom stereocenters. The summed E-state index contributed by atoms with van der Waals surface area (Å²) in [4.78, 5) is 23.6. The number of esters is 1. The van der Waals surface area contributed by atoms with E-state index in [2.05, 4.69) is 0 Å². The van der Waals surface area contributed by atoms with Crippen LogP contribution >= 0.6 is 0 Å². The van der Waals surface area contributed by atoms with Gasteiger partial charge in [0.15, 0.2) is 28.8 Å². The molecule has 0 heterocycles. The lowest BCUT2D eigenvalue weighted by atomic mass is 9.67. The van der Waals surface area contributed by atoms with Crippen LogP contribution in [0.2, 0.25) is 0 Å². The van der Waals surface area contributed by atoms with E-state index in [1.54, 1.807) is 24.3 Å². The number of ether oxygens (including phenoxy) is 3. The monoisotopic (exact) mass is 474 g/mol. The summed E-state index contributed by atoms with van der Waals surface area (Å²) in [5.41, 5.74) is 2.41. The number of carbonyl (C=O) groups is 2. The van der Waals surface area contributed by atoms with E-state index in [1.165, 1.54) is 20.3 Å². The normalized spacial score (nSPS) is 19.2. The van der Waals surface area contributed by atoms with E-state index in [0.29, 0.717) is 12.2 Å². The van der Waals surface area contributed by atoms with Gasteiger partial charge in [0.2, 0.25) is 0 Å². The Kier molecular flexibility index (Phi) is 8.36. The molecule has 9 heteroatoms. The van der Waals surface area contributed by atoms with Crippen LogP contribution < -0.4 is 9.47 Å². The molecule has 3 atom stereocenters. The summed E-state index contributed by atoms with van der Waals surface area (Å²) in [5.74, 6) is -1.57. The lowest BCUT2D eigenvalue weighted by Crippen LogP contribution is -2.36. The lowest BCUT2D eigenvalue weighted by Gasteiger charge is -2.39. The maximum Gasteiger partial charge on any atom is 0.306 e. The predicted molar refractivity (Wildman–Crippen MR) is 121 cm³/mol. The molecule has 2 aromatic carbocycles. The van der Waals surface area contributed by atoms with Crippen molar-refractivity contribution in [3.05, 3.63) is 47.0 Å². The lowest BCUT2D eigenvalue weighted by molar-refractivity contribution is -0.147. The Morgan fingerprint density at radius 1 is 0.971 bits per heavy atom. The zero-order chi connectivity index (χ0) is 24.8. The van der Waals surface area contributed by atoms with Crippen LogP contribution in [0.15, 0.2) is 30.3 Å². The summed E-state index contributed by atoms with van der Waals surface area (Å²) in [7, 11) is 2.90. The molecule has 0 fully saturated rings. The highest BCUT2D eigenvalue weighted by atomic mass is 16.5. The minimum atomic E-state index is -0.628. The van der Waals surface area contributed by atoms with Gasteiger partial charge in [0.25, 0.3) is 0 Å². The number of hydrogen-bond acceptors (Lipinski definition) is 9. The molecule has 0 aromatic heterocycles. The van der Waals surface area contributed by atoms with E-state index in [1.807, 2.05) is 0 Å². The van der Waals surface area contributed by atoms with Crippen molar-refractivity contribution in [1.82, 2.24) is 0 Å². The smallest absolute Gasteiger partial charge is 0.306 e. The molecular weight excluding hydrogens is 444 g/mol. The van der Waals surface area contributed by atoms with E-state index in [9.17, 15) is 24.9 Å². The van der Waals surface area contributed by atoms with Gasteiger partial charge < -0.3 is 34.6 Å². The number of ketones is 1. The minimum absolute atomic E-state index is 0.0303. The number of carbonyl (C=O) groups excluding carboxylic acids is 2. The number of aliphatic hydroxyl groups excluding tert-OH is 2. The van der Waals surface area contributed by atoms with Gasteiger partial charge in [-0.25, -0.2) is 0 Å². The number of phenolic OH excluding ortho intramolecular Hbond substituents is 2. The molecule has 0 spiro atoms. The first-order valence-corrected chi connectivity index (χ1v) is 11.0. The molecular formula is C25H30O9. The van der Waals surface area contributed by atoms with Crippen LogP contribution in [0.3, 0.4) is 0 Å². The Hall–Kier alpha value is -3.30. The Morgan fingerprint density at radius 2 is 1.68 bits per heavy atom. The average molecular weight is 475 g/mol. The van der Waals surface area contributed by atoms with Crippen molar-refractivity contribution in [3.8, 4) is 23.0 Å². The topological polar surface area (TPSA) is 143 Å². The van der Waals surface area contributed by atoms with E-state index in [-0.39, 0.29) is 55.1 Å². The zero-order valence-corrected chi connectivity index (χ0v) is 19.2. The molecule has 1 aliphatic carbocycles. The third-order valence-electron chi connectivity index (χ3n) is 6.31. The minimum Gasteiger partial charge on any atom is -0.504 e. The number of methoxy groups -OCH3 is 2. The largest absolute Gasteiger partial charge is 0.504 e. The van der Waals surface area contributed by atoms with Crippen LogP contribution in [0.4, 0.5) is 0 Å². The van der Waals surface area contributed by atoms with Crippen molar-refractivity contribution in [2.75, 3.05) is 34.0 Å². The summed E-state index contributed by atoms with van der Waals surface area (Å²) in [5, 5.41) is 39.6. The Bertz CT molecular complexity index is 1030. The molecule has 9 nitrogen and oxygen atoms in total. The summed E-state index contributed by atoms with van der Waals surface area (Å²) >= 11 is 0. The number of phenols is 2. The fourth-order valence-electron chi connectivity index (χ4n) is 4.52. The van der Waals surface area contributed by atoms with Crippen LogP contribution in [0.1, 0.15) is 35.4 Å². The maximum absolute atomic E-state index is 12.2. The van der Waals surface area contributed by atoms with Crippen LogP contribution in [0.25, 0.3) is 0 Å². The average Bonchev–Trinajstić information content (AvgIpc) is 2.85. The van der Waals surface area contributed by atoms with Crippen LogP contribution in [0.5, 0.6) is 23.0 Å². The number of Topliss-reactive ketones (excluding diaryl/α,β-unsaturated/α-hetero) is 1. The van der Waals surface area contributed by atoms with Crippen molar-refractivity contribution in [1.29, 1.82) is 0 Å². The standard InChI is InChI=1S/C25H30O9/c1-32-22-8-14(3-5-20(22)29)25-18-10-21(30)23(33-2)9-15(18)7-16(11-26)19(25)13-34-24(31)6-4-17(28)12-27/h3,5,8-10,16,19,25-27,29-30H,4,6-7,11-13H2,1-2H3. The van der Waals surface area contributed by atoms with Crippen LogP contribution in [-0.4, -0.2) is 66.2 Å². The molecule has 184 valence electrons. The Labute approximate surface area is 197 Å². The van der Waals surface area contributed by atoms with Gasteiger partial charge in [-0.15, -0.1) is 0 Å². The van der Waals surface area contributed by atoms with Crippen molar-refractivity contribution in [2.24, 2.45) is 11.8 Å². The van der Waals surface area contributed by atoms with Gasteiger partial charge in [-0.2, -0.15) is 0 Å². The van der Waals surface area contributed by atoms with Crippen molar-refractivity contribution in [3.63, 3.8) is 0 Å². The molecule has 0 aliphatic heterocycles. The summed E-state index contributed by atoms with van der Waals surface area (Å²) in [6.07, 6.45) is 0.208. The molecule has 0 amide bonds. The number of rotatable bonds is 10. The fraction of sp³-hybridized carbons (Fsp3) is 0.440. The molecule has 4 N–H and O–H groups in total. The molecule has 1 aliphatic rings. The molecule has 0 saturated heterocycles. The van der Waals surface area contributed by atoms with Gasteiger partial charge in [-0.1, -0.05) is 6.07 Å². The van der Waals surface area contributed by atoms with Gasteiger partial charge in [0.05, 0.1) is 27.2 Å². The molecule has 2 aromatic rings. The van der Waals surface area contributed by atoms with Gasteiger partial charge in [-0.3, -0.25) is 9.59 Å². The zero-order valence-electron chi connectivity index (χ0n) is 19.2. The summed E-state index contributed by atoms with van der Waals surface area (Å²) in [6, 6.07) is 8.26. The van der Waals surface area contributed by atoms with E-state index in [4.69, 9.17) is 19.3 Å². The fourth-order valence-corrected chi connectivity index (χ4v) is 4.52. The maximum atomic E-state index is 12.2. The Morgan fingerprint density at radius 3 is 2.32 bits per heavy atom. The van der Waals surface area contributed by atoms with Crippen molar-refractivity contribution in [2.45, 2.75) is 25.2 Å². The second-order valence-electron chi connectivity index (χ2n) is 8.32. The van der Waals surface area contributed by atoms with E-state index < -0.39 is 24.3 Å². The van der Waals surface area contributed by atoms with Gasteiger partial charge in [0, 0.05) is 24.9 Å². The van der Waals surface area contributed by atoms with E-state index in [0.717, 1.165) is 16.7 Å². The Balaban J connectivity index is 2.00. The molecule has 3 rings (SSSR count). The second-order valence-corrected chi connectivity index (χ2v) is 8.32. The molecule has 34 heavy (non-hydrogen) atoms. The third-order valence-corrected chi connectivity index (χ3v) is 6.31. The highest BCUT2D eigenvalue weighted by molar-refractivity contribution is 5.83.